The minimum Gasteiger partial charge on any atom is -0.376 e. The Hall–Kier alpha value is -1.60. The molecule has 0 aliphatic heterocycles. The third-order valence-electron chi connectivity index (χ3n) is 6.81. The van der Waals surface area contributed by atoms with E-state index < -0.39 is 0 Å². The first-order valence-electron chi connectivity index (χ1n) is 13.3. The summed E-state index contributed by atoms with van der Waals surface area (Å²) in [6, 6.07) is 9.14. The molecule has 0 aromatic heterocycles. The molecule has 0 radical (unpaired) electrons. The highest BCUT2D eigenvalue weighted by atomic mass is 16.5. The van der Waals surface area contributed by atoms with Gasteiger partial charge >= 0.3 is 0 Å². The third-order valence-corrected chi connectivity index (χ3v) is 6.81. The summed E-state index contributed by atoms with van der Waals surface area (Å²) in [5.41, 5.74) is 6.21. The van der Waals surface area contributed by atoms with E-state index in [-0.39, 0.29) is 5.60 Å². The summed E-state index contributed by atoms with van der Waals surface area (Å²) >= 11 is 0. The minimum atomic E-state index is -0.00705. The number of fused-ring (bicyclic) bond motifs is 1. The van der Waals surface area contributed by atoms with Crippen molar-refractivity contribution in [3.8, 4) is 0 Å². The molecule has 2 aliphatic carbocycles. The van der Waals surface area contributed by atoms with Crippen molar-refractivity contribution in [3.63, 3.8) is 0 Å². The zero-order valence-electron chi connectivity index (χ0n) is 21.2. The molecule has 0 heterocycles. The Bertz CT molecular complexity index is 789. The molecule has 1 heteroatoms. The van der Waals surface area contributed by atoms with Crippen LogP contribution in [0.25, 0.3) is 5.57 Å². The first-order valence-corrected chi connectivity index (χ1v) is 13.3. The lowest BCUT2D eigenvalue weighted by Gasteiger charge is -2.19. The Morgan fingerprint density at radius 2 is 1.59 bits per heavy atom. The summed E-state index contributed by atoms with van der Waals surface area (Å²) in [4.78, 5) is 0. The highest BCUT2D eigenvalue weighted by Crippen LogP contribution is 2.42. The summed E-state index contributed by atoms with van der Waals surface area (Å²) in [5, 5.41) is 0. The van der Waals surface area contributed by atoms with Gasteiger partial charge in [-0.05, 0) is 81.9 Å². The predicted molar refractivity (Wildman–Crippen MR) is 140 cm³/mol. The van der Waals surface area contributed by atoms with Gasteiger partial charge in [0.15, 0.2) is 0 Å². The highest BCUT2D eigenvalue weighted by molar-refractivity contribution is 5.74. The molecular formula is C31H46O. The Balaban J connectivity index is 1.46. The summed E-state index contributed by atoms with van der Waals surface area (Å²) in [7, 11) is 0. The van der Waals surface area contributed by atoms with Crippen LogP contribution >= 0.6 is 0 Å². The van der Waals surface area contributed by atoms with Crippen molar-refractivity contribution in [2.45, 2.75) is 110 Å². The molecule has 1 aromatic rings. The van der Waals surface area contributed by atoms with Gasteiger partial charge in [0.05, 0.1) is 5.60 Å². The number of benzene rings is 1. The van der Waals surface area contributed by atoms with Crippen molar-refractivity contribution in [3.05, 3.63) is 65.3 Å². The lowest BCUT2D eigenvalue weighted by molar-refractivity contribution is -0.00472. The molecule has 2 atom stereocenters. The number of ether oxygens (including phenoxy) is 1. The molecule has 176 valence electrons. The summed E-state index contributed by atoms with van der Waals surface area (Å²) in [5.74, 6) is 1.18. The molecule has 1 nitrogen and oxygen atoms in total. The zero-order chi connectivity index (χ0) is 22.8. The molecule has 0 saturated heterocycles. The molecule has 2 aliphatic rings. The maximum absolute atomic E-state index is 5.85. The van der Waals surface area contributed by atoms with Gasteiger partial charge in [-0.1, -0.05) is 93.2 Å². The van der Waals surface area contributed by atoms with Crippen LogP contribution in [0, 0.1) is 5.92 Å². The van der Waals surface area contributed by atoms with Crippen molar-refractivity contribution >= 4 is 5.57 Å². The highest BCUT2D eigenvalue weighted by Gasteiger charge is 2.25. The second-order valence-electron chi connectivity index (χ2n) is 10.8. The molecule has 32 heavy (non-hydrogen) atoms. The van der Waals surface area contributed by atoms with E-state index in [0.717, 1.165) is 6.61 Å². The van der Waals surface area contributed by atoms with Gasteiger partial charge in [0.25, 0.3) is 0 Å². The Labute approximate surface area is 198 Å². The Morgan fingerprint density at radius 1 is 0.844 bits per heavy atom. The maximum Gasteiger partial charge on any atom is 0.0598 e. The minimum absolute atomic E-state index is 0.00705. The average Bonchev–Trinajstić information content (AvgIpc) is 3.35. The van der Waals surface area contributed by atoms with Crippen LogP contribution in [0.4, 0.5) is 0 Å². The van der Waals surface area contributed by atoms with E-state index in [0.29, 0.717) is 11.8 Å². The monoisotopic (exact) mass is 434 g/mol. The van der Waals surface area contributed by atoms with E-state index in [1.165, 1.54) is 76.2 Å². The standard InChI is InChI=1S/C31H46O/c1-5-6-7-10-15-25-19-20-26(22-25)23-28-24-27(29-17-12-13-18-30(28)29)16-11-8-9-14-21-32-31(2,3)4/h12-13,17-20,22,24,26,28H,5-11,14-16,21,23H2,1-4H3. The van der Waals surface area contributed by atoms with Crippen LogP contribution in [0.5, 0.6) is 0 Å². The lowest BCUT2D eigenvalue weighted by atomic mass is 9.90. The van der Waals surface area contributed by atoms with E-state index >= 15 is 0 Å². The Morgan fingerprint density at radius 3 is 2.41 bits per heavy atom. The van der Waals surface area contributed by atoms with Gasteiger partial charge in [0.2, 0.25) is 0 Å². The lowest BCUT2D eigenvalue weighted by Crippen LogP contribution is -2.19. The number of rotatable bonds is 14. The van der Waals surface area contributed by atoms with E-state index in [1.807, 2.05) is 0 Å². The second kappa shape index (κ2) is 12.6. The topological polar surface area (TPSA) is 9.23 Å². The molecule has 2 unspecified atom stereocenters. The molecule has 0 bridgehead atoms. The van der Waals surface area contributed by atoms with Crippen LogP contribution in [0.1, 0.15) is 115 Å². The number of hydrogen-bond donors (Lipinski definition) is 0. The predicted octanol–water partition coefficient (Wildman–Crippen LogP) is 9.41. The SMILES string of the molecule is CCCCCCC1=CC(CC2C=C(CCCCCCOC(C)(C)C)c3ccccc32)C=C1. The van der Waals surface area contributed by atoms with Crippen molar-refractivity contribution in [2.75, 3.05) is 6.61 Å². The molecular weight excluding hydrogens is 388 g/mol. The fourth-order valence-corrected chi connectivity index (χ4v) is 5.09. The molecule has 0 N–H and O–H groups in total. The molecule has 0 spiro atoms. The van der Waals surface area contributed by atoms with Crippen molar-refractivity contribution < 1.29 is 4.74 Å². The van der Waals surface area contributed by atoms with Gasteiger partial charge in [-0.25, -0.2) is 0 Å². The fourth-order valence-electron chi connectivity index (χ4n) is 5.09. The molecule has 3 rings (SSSR count). The average molecular weight is 435 g/mol. The van der Waals surface area contributed by atoms with Crippen molar-refractivity contribution in [2.24, 2.45) is 5.92 Å². The largest absolute Gasteiger partial charge is 0.376 e. The fraction of sp³-hybridized carbons (Fsp3) is 0.613. The molecule has 1 aromatic carbocycles. The second-order valence-corrected chi connectivity index (χ2v) is 10.8. The zero-order valence-corrected chi connectivity index (χ0v) is 21.2. The van der Waals surface area contributed by atoms with Crippen LogP contribution < -0.4 is 0 Å². The van der Waals surface area contributed by atoms with E-state index in [4.69, 9.17) is 4.74 Å². The number of hydrogen-bond acceptors (Lipinski definition) is 1. The van der Waals surface area contributed by atoms with Crippen LogP contribution in [-0.4, -0.2) is 12.2 Å². The van der Waals surface area contributed by atoms with E-state index in [1.54, 1.807) is 16.7 Å². The Kier molecular flexibility index (Phi) is 9.85. The van der Waals surface area contributed by atoms with Crippen LogP contribution in [0.15, 0.2) is 54.1 Å². The molecule has 0 amide bonds. The van der Waals surface area contributed by atoms with Gasteiger partial charge in [-0.2, -0.15) is 0 Å². The van der Waals surface area contributed by atoms with Gasteiger partial charge in [0, 0.05) is 12.5 Å². The number of unbranched alkanes of at least 4 members (excludes halogenated alkanes) is 6. The van der Waals surface area contributed by atoms with E-state index in [9.17, 15) is 0 Å². The quantitative estimate of drug-likeness (QED) is 0.265. The first kappa shape index (κ1) is 25.0. The van der Waals surface area contributed by atoms with Crippen molar-refractivity contribution in [1.82, 2.24) is 0 Å². The van der Waals surface area contributed by atoms with Crippen LogP contribution in [0.3, 0.4) is 0 Å². The van der Waals surface area contributed by atoms with E-state index in [2.05, 4.69) is 76.3 Å². The number of allylic oxidation sites excluding steroid dienone is 6. The van der Waals surface area contributed by atoms with Crippen LogP contribution in [0.2, 0.25) is 0 Å². The molecule has 0 saturated carbocycles. The third kappa shape index (κ3) is 8.07. The molecule has 0 fully saturated rings. The summed E-state index contributed by atoms with van der Waals surface area (Å²) in [6.45, 7) is 9.59. The van der Waals surface area contributed by atoms with Crippen LogP contribution in [-0.2, 0) is 4.74 Å². The summed E-state index contributed by atoms with van der Waals surface area (Å²) in [6.07, 6.45) is 24.1. The first-order chi connectivity index (χ1) is 15.5. The van der Waals surface area contributed by atoms with Gasteiger partial charge in [0.1, 0.15) is 0 Å². The maximum atomic E-state index is 5.85. The van der Waals surface area contributed by atoms with Crippen molar-refractivity contribution in [1.29, 1.82) is 0 Å². The van der Waals surface area contributed by atoms with Gasteiger partial charge < -0.3 is 4.74 Å². The van der Waals surface area contributed by atoms with Gasteiger partial charge in [-0.3, -0.25) is 0 Å². The normalized spacial score (nSPS) is 19.9. The smallest absolute Gasteiger partial charge is 0.0598 e. The van der Waals surface area contributed by atoms with Gasteiger partial charge in [-0.15, -0.1) is 0 Å². The summed E-state index contributed by atoms with van der Waals surface area (Å²) < 4.78 is 5.85.